The van der Waals surface area contributed by atoms with Gasteiger partial charge in [-0.05, 0) is 19.8 Å². The van der Waals surface area contributed by atoms with Crippen molar-refractivity contribution in [3.63, 3.8) is 0 Å². The van der Waals surface area contributed by atoms with E-state index in [1.807, 2.05) is 6.92 Å². The summed E-state index contributed by atoms with van der Waals surface area (Å²) in [6.07, 6.45) is 2.47. The normalized spacial score (nSPS) is 17.9. The number of hydrogen-bond acceptors (Lipinski definition) is 3. The smallest absolute Gasteiger partial charge is 0.307 e. The molecule has 0 aromatic carbocycles. The van der Waals surface area contributed by atoms with Crippen LogP contribution in [0.15, 0.2) is 11.5 Å². The molecule has 1 aliphatic rings. The van der Waals surface area contributed by atoms with Gasteiger partial charge in [0.05, 0.1) is 0 Å². The van der Waals surface area contributed by atoms with Crippen molar-refractivity contribution < 1.29 is 9.53 Å². The van der Waals surface area contributed by atoms with Gasteiger partial charge in [-0.1, -0.05) is 39.3 Å². The number of ether oxygens (including phenoxy) is 1. The zero-order valence-corrected chi connectivity index (χ0v) is 15.8. The van der Waals surface area contributed by atoms with Crippen LogP contribution in [0.4, 0.5) is 0 Å². The van der Waals surface area contributed by atoms with Crippen molar-refractivity contribution >= 4 is 22.4 Å². The zero-order valence-electron chi connectivity index (χ0n) is 13.8. The molecule has 1 saturated carbocycles. The summed E-state index contributed by atoms with van der Waals surface area (Å²) in [5.74, 6) is 1.24. The molecular weight excluding hydrogens is 270 g/mol. The van der Waals surface area contributed by atoms with Crippen molar-refractivity contribution in [3.8, 4) is 0 Å². The van der Waals surface area contributed by atoms with Crippen LogP contribution in [0.25, 0.3) is 0 Å². The summed E-state index contributed by atoms with van der Waals surface area (Å²) in [5, 5.41) is 0. The first-order chi connectivity index (χ1) is 8.44. The first-order valence-electron chi connectivity index (χ1n) is 7.14. The van der Waals surface area contributed by atoms with Crippen molar-refractivity contribution in [1.29, 1.82) is 0 Å². The van der Waals surface area contributed by atoms with Crippen LogP contribution in [0.2, 0.25) is 39.3 Å². The molecule has 0 aliphatic heterocycles. The van der Waals surface area contributed by atoms with Gasteiger partial charge in [0.1, 0.15) is 22.2 Å². The van der Waals surface area contributed by atoms with Crippen LogP contribution in [-0.4, -0.2) is 26.7 Å². The minimum Gasteiger partial charge on any atom is -0.430 e. The third-order valence-electron chi connectivity index (χ3n) is 3.20. The fraction of sp³-hybridized carbons (Fsp3) is 0.786. The molecule has 0 radical (unpaired) electrons. The Balaban J connectivity index is 3.25. The number of allylic oxidation sites excluding steroid dienone is 2. The summed E-state index contributed by atoms with van der Waals surface area (Å²) < 4.78 is 8.12. The maximum atomic E-state index is 11.3. The van der Waals surface area contributed by atoms with Crippen LogP contribution in [0.1, 0.15) is 26.7 Å². The largest absolute Gasteiger partial charge is 0.430 e. The molecular formula is C14H29NO2Si2. The van der Waals surface area contributed by atoms with E-state index in [1.165, 1.54) is 25.5 Å². The van der Waals surface area contributed by atoms with E-state index in [-0.39, 0.29) is 5.97 Å². The summed E-state index contributed by atoms with van der Waals surface area (Å²) in [5.41, 5.74) is 1.33. The summed E-state index contributed by atoms with van der Waals surface area (Å²) >= 11 is 0. The maximum Gasteiger partial charge on any atom is 0.307 e. The quantitative estimate of drug-likeness (QED) is 0.433. The van der Waals surface area contributed by atoms with Gasteiger partial charge < -0.3 is 8.97 Å². The third kappa shape index (κ3) is 4.49. The average molecular weight is 300 g/mol. The van der Waals surface area contributed by atoms with Crippen LogP contribution in [-0.2, 0) is 9.53 Å². The lowest BCUT2D eigenvalue weighted by Gasteiger charge is -2.47. The minimum absolute atomic E-state index is 0.207. The predicted molar refractivity (Wildman–Crippen MR) is 85.7 cm³/mol. The molecule has 0 N–H and O–H groups in total. The third-order valence-corrected chi connectivity index (χ3v) is 10.4. The summed E-state index contributed by atoms with van der Waals surface area (Å²) in [4.78, 5) is 11.3. The molecule has 0 aromatic rings. The molecule has 3 nitrogen and oxygen atoms in total. The Kier molecular flexibility index (Phi) is 4.72. The highest BCUT2D eigenvalue weighted by Crippen LogP contribution is 2.43. The Morgan fingerprint density at radius 1 is 1.00 bits per heavy atom. The van der Waals surface area contributed by atoms with Crippen LogP contribution in [0.3, 0.4) is 0 Å². The topological polar surface area (TPSA) is 29.5 Å². The SMILES string of the molecule is CC(=O)O/C(C)=C(/C1CC1)N([Si](C)(C)C)[Si](C)(C)C. The number of carbonyl (C=O) groups excluding carboxylic acids is 1. The van der Waals surface area contributed by atoms with Gasteiger partial charge in [0, 0.05) is 18.5 Å². The fourth-order valence-corrected chi connectivity index (χ4v) is 13.2. The first kappa shape index (κ1) is 16.5. The summed E-state index contributed by atoms with van der Waals surface area (Å²) in [6.45, 7) is 17.7. The Labute approximate surface area is 120 Å². The van der Waals surface area contributed by atoms with E-state index >= 15 is 0 Å². The van der Waals surface area contributed by atoms with E-state index in [1.54, 1.807) is 0 Å². The molecule has 1 aliphatic carbocycles. The van der Waals surface area contributed by atoms with Gasteiger partial charge in [-0.15, -0.1) is 0 Å². The number of esters is 1. The monoisotopic (exact) mass is 299 g/mol. The molecule has 0 spiro atoms. The lowest BCUT2D eigenvalue weighted by atomic mass is 10.3. The van der Waals surface area contributed by atoms with E-state index < -0.39 is 16.5 Å². The van der Waals surface area contributed by atoms with Gasteiger partial charge >= 0.3 is 5.97 Å². The zero-order chi connectivity index (χ0) is 15.0. The molecule has 0 saturated heterocycles. The number of nitrogens with zero attached hydrogens (tertiary/aromatic N) is 1. The fourth-order valence-electron chi connectivity index (χ4n) is 2.98. The molecule has 19 heavy (non-hydrogen) atoms. The second-order valence-electron chi connectivity index (χ2n) is 7.49. The molecule has 1 fully saturated rings. The highest BCUT2D eigenvalue weighted by Gasteiger charge is 2.42. The standard InChI is InChI=1S/C14H29NO2Si2/c1-11(17-12(2)16)14(13-9-10-13)15(18(3,4)5)19(6,7)8/h13H,9-10H2,1-8H3/b14-11-. The lowest BCUT2D eigenvalue weighted by molar-refractivity contribution is -0.136. The van der Waals surface area contributed by atoms with Gasteiger partial charge in [0.25, 0.3) is 0 Å². The summed E-state index contributed by atoms with van der Waals surface area (Å²) in [6, 6.07) is 0. The van der Waals surface area contributed by atoms with E-state index in [2.05, 4.69) is 43.5 Å². The predicted octanol–water partition coefficient (Wildman–Crippen LogP) is 4.16. The molecule has 1 rings (SSSR count). The Morgan fingerprint density at radius 2 is 1.42 bits per heavy atom. The van der Waals surface area contributed by atoms with Crippen molar-refractivity contribution in [2.24, 2.45) is 5.92 Å². The minimum atomic E-state index is -1.48. The Bertz CT molecular complexity index is 373. The molecule has 0 bridgehead atoms. The second-order valence-corrected chi connectivity index (χ2v) is 17.5. The highest BCUT2D eigenvalue weighted by atomic mass is 28.4. The van der Waals surface area contributed by atoms with Crippen LogP contribution in [0, 0.1) is 5.92 Å². The van der Waals surface area contributed by atoms with Crippen LogP contribution < -0.4 is 0 Å². The van der Waals surface area contributed by atoms with Crippen molar-refractivity contribution in [2.45, 2.75) is 66.0 Å². The Morgan fingerprint density at radius 3 is 1.68 bits per heavy atom. The van der Waals surface area contributed by atoms with E-state index in [9.17, 15) is 4.79 Å². The first-order valence-corrected chi connectivity index (χ1v) is 14.0. The molecule has 0 unspecified atom stereocenters. The maximum absolute atomic E-state index is 11.3. The van der Waals surface area contributed by atoms with Crippen molar-refractivity contribution in [3.05, 3.63) is 11.5 Å². The highest BCUT2D eigenvalue weighted by molar-refractivity contribution is 6.90. The van der Waals surface area contributed by atoms with Crippen LogP contribution in [0.5, 0.6) is 0 Å². The van der Waals surface area contributed by atoms with E-state index in [4.69, 9.17) is 4.74 Å². The van der Waals surface area contributed by atoms with Crippen molar-refractivity contribution in [1.82, 2.24) is 4.23 Å². The number of hydrogen-bond donors (Lipinski definition) is 0. The van der Waals surface area contributed by atoms with Gasteiger partial charge in [0.2, 0.25) is 0 Å². The van der Waals surface area contributed by atoms with Gasteiger partial charge in [-0.3, -0.25) is 4.79 Å². The summed E-state index contributed by atoms with van der Waals surface area (Å²) in [7, 11) is -2.95. The van der Waals surface area contributed by atoms with Crippen molar-refractivity contribution in [2.75, 3.05) is 0 Å². The number of carbonyl (C=O) groups is 1. The molecule has 5 heteroatoms. The van der Waals surface area contributed by atoms with Gasteiger partial charge in [-0.25, -0.2) is 0 Å². The van der Waals surface area contributed by atoms with E-state index in [0.717, 1.165) is 5.76 Å². The molecule has 0 atom stereocenters. The lowest BCUT2D eigenvalue weighted by Crippen LogP contribution is -2.58. The van der Waals surface area contributed by atoms with Gasteiger partial charge in [-0.2, -0.15) is 0 Å². The Hall–Kier alpha value is -0.556. The average Bonchev–Trinajstić information content (AvgIpc) is 2.90. The molecule has 0 aromatic heterocycles. The van der Waals surface area contributed by atoms with E-state index in [0.29, 0.717) is 5.92 Å². The van der Waals surface area contributed by atoms with Crippen LogP contribution >= 0.6 is 0 Å². The molecule has 0 amide bonds. The molecule has 110 valence electrons. The molecule has 0 heterocycles. The van der Waals surface area contributed by atoms with Gasteiger partial charge in [0.15, 0.2) is 0 Å². The second kappa shape index (κ2) is 5.44. The number of rotatable bonds is 5.